The van der Waals surface area contributed by atoms with Crippen LogP contribution < -0.4 is 20.3 Å². The summed E-state index contributed by atoms with van der Waals surface area (Å²) in [6.07, 6.45) is 6.56. The standard InChI is InChI=1S/C27H34F2N6O3/c1-16(17-6-8-34(9-7-17)26-33-24(15-37-26)27(2,3)36)38-19-11-31-25(32-12-19)35-13-21(23(30)14-35)20-10-18(28)4-5-22(20)29/h4-5,10-12,15-17,21,23,36H,6-9,13-14,30H2,1-3H3/t16-,21+,23-/m0/s1. The van der Waals surface area contributed by atoms with E-state index in [-0.39, 0.29) is 23.6 Å². The molecule has 5 rings (SSSR count). The van der Waals surface area contributed by atoms with Crippen molar-refractivity contribution in [1.82, 2.24) is 15.0 Å². The Balaban J connectivity index is 1.14. The van der Waals surface area contributed by atoms with Gasteiger partial charge in [-0.25, -0.2) is 18.7 Å². The lowest BCUT2D eigenvalue weighted by atomic mass is 9.92. The molecule has 3 aromatic rings. The third-order valence-electron chi connectivity index (χ3n) is 7.53. The number of nitrogens with zero attached hydrogens (tertiary/aromatic N) is 5. The van der Waals surface area contributed by atoms with E-state index in [9.17, 15) is 13.9 Å². The molecular weight excluding hydrogens is 494 g/mol. The highest BCUT2D eigenvalue weighted by atomic mass is 19.1. The van der Waals surface area contributed by atoms with Gasteiger partial charge in [0.05, 0.1) is 18.5 Å². The first kappa shape index (κ1) is 26.3. The maximum absolute atomic E-state index is 14.3. The molecule has 204 valence electrons. The number of aliphatic hydroxyl groups is 1. The number of piperidine rings is 1. The molecule has 1 aromatic carbocycles. The van der Waals surface area contributed by atoms with Gasteiger partial charge < -0.3 is 29.8 Å². The van der Waals surface area contributed by atoms with Gasteiger partial charge in [0.1, 0.15) is 29.2 Å². The number of ether oxygens (including phenoxy) is 1. The molecule has 2 fully saturated rings. The van der Waals surface area contributed by atoms with Crippen molar-refractivity contribution in [2.45, 2.75) is 57.3 Å². The molecule has 2 aliphatic rings. The van der Waals surface area contributed by atoms with Crippen molar-refractivity contribution in [2.24, 2.45) is 11.7 Å². The molecule has 0 radical (unpaired) electrons. The van der Waals surface area contributed by atoms with Crippen LogP contribution in [0.4, 0.5) is 20.7 Å². The number of hydrogen-bond donors (Lipinski definition) is 2. The largest absolute Gasteiger partial charge is 0.487 e. The third-order valence-corrected chi connectivity index (χ3v) is 7.53. The van der Waals surface area contributed by atoms with Crippen molar-refractivity contribution in [1.29, 1.82) is 0 Å². The van der Waals surface area contributed by atoms with Gasteiger partial charge in [0, 0.05) is 38.1 Å². The summed E-state index contributed by atoms with van der Waals surface area (Å²) >= 11 is 0. The van der Waals surface area contributed by atoms with Gasteiger partial charge in [0.15, 0.2) is 5.75 Å². The molecule has 11 heteroatoms. The zero-order chi connectivity index (χ0) is 27.0. The van der Waals surface area contributed by atoms with E-state index in [1.165, 1.54) is 12.3 Å². The van der Waals surface area contributed by atoms with Crippen LogP contribution in [0, 0.1) is 17.6 Å². The number of nitrogens with two attached hydrogens (primary N) is 1. The molecule has 2 aliphatic heterocycles. The smallest absolute Gasteiger partial charge is 0.297 e. The average Bonchev–Trinajstić information content (AvgIpc) is 3.54. The second kappa shape index (κ2) is 10.5. The number of hydrogen-bond acceptors (Lipinski definition) is 9. The minimum Gasteiger partial charge on any atom is -0.487 e. The van der Waals surface area contributed by atoms with Crippen LogP contribution in [0.5, 0.6) is 5.75 Å². The predicted molar refractivity (Wildman–Crippen MR) is 138 cm³/mol. The molecule has 0 amide bonds. The number of rotatable bonds is 7. The summed E-state index contributed by atoms with van der Waals surface area (Å²) in [5.41, 5.74) is 6.02. The van der Waals surface area contributed by atoms with Gasteiger partial charge in [0.2, 0.25) is 5.95 Å². The van der Waals surface area contributed by atoms with Crippen LogP contribution in [-0.2, 0) is 5.60 Å². The van der Waals surface area contributed by atoms with Crippen LogP contribution in [0.2, 0.25) is 0 Å². The number of aromatic nitrogens is 3. The van der Waals surface area contributed by atoms with E-state index in [1.807, 2.05) is 11.8 Å². The Morgan fingerprint density at radius 1 is 1.13 bits per heavy atom. The molecule has 2 saturated heterocycles. The summed E-state index contributed by atoms with van der Waals surface area (Å²) in [6, 6.07) is 3.62. The molecule has 4 heterocycles. The summed E-state index contributed by atoms with van der Waals surface area (Å²) in [5, 5.41) is 10.1. The second-order valence-electron chi connectivity index (χ2n) is 10.8. The number of oxazole rings is 1. The fourth-order valence-corrected chi connectivity index (χ4v) is 5.22. The van der Waals surface area contributed by atoms with E-state index in [0.717, 1.165) is 38.1 Å². The molecule has 0 saturated carbocycles. The molecule has 3 N–H and O–H groups in total. The van der Waals surface area contributed by atoms with Crippen molar-refractivity contribution < 1.29 is 23.0 Å². The fourth-order valence-electron chi connectivity index (χ4n) is 5.22. The number of halogens is 2. The highest BCUT2D eigenvalue weighted by Crippen LogP contribution is 2.32. The van der Waals surface area contributed by atoms with Crippen molar-refractivity contribution in [3.05, 3.63) is 59.7 Å². The SMILES string of the molecule is C[C@H](Oc1cnc(N2C[C@H](c3cc(F)ccc3F)[C@@H](N)C2)nc1)C1CCN(c2nc(C(C)(C)O)co2)CC1. The van der Waals surface area contributed by atoms with Gasteiger partial charge in [-0.05, 0) is 63.3 Å². The van der Waals surface area contributed by atoms with Gasteiger partial charge in [-0.15, -0.1) is 0 Å². The first-order valence-electron chi connectivity index (χ1n) is 13.0. The minimum atomic E-state index is -1.04. The van der Waals surface area contributed by atoms with Crippen LogP contribution in [0.25, 0.3) is 0 Å². The maximum atomic E-state index is 14.3. The average molecular weight is 529 g/mol. The zero-order valence-electron chi connectivity index (χ0n) is 21.8. The van der Waals surface area contributed by atoms with E-state index in [0.29, 0.717) is 42.4 Å². The summed E-state index contributed by atoms with van der Waals surface area (Å²) in [4.78, 5) is 17.3. The van der Waals surface area contributed by atoms with Crippen LogP contribution in [0.15, 0.2) is 41.3 Å². The van der Waals surface area contributed by atoms with Crippen LogP contribution in [-0.4, -0.2) is 58.4 Å². The van der Waals surface area contributed by atoms with Gasteiger partial charge in [-0.2, -0.15) is 4.98 Å². The lowest BCUT2D eigenvalue weighted by Crippen LogP contribution is -2.39. The number of benzene rings is 1. The summed E-state index contributed by atoms with van der Waals surface area (Å²) < 4.78 is 39.7. The molecule has 0 spiro atoms. The maximum Gasteiger partial charge on any atom is 0.297 e. The Bertz CT molecular complexity index is 1240. The Hall–Kier alpha value is -3.31. The Labute approximate surface area is 220 Å². The molecule has 3 atom stereocenters. The number of anilines is 2. The molecule has 0 aliphatic carbocycles. The molecule has 38 heavy (non-hydrogen) atoms. The van der Waals surface area contributed by atoms with Gasteiger partial charge in [-0.3, -0.25) is 0 Å². The van der Waals surface area contributed by atoms with E-state index in [1.54, 1.807) is 26.2 Å². The lowest BCUT2D eigenvalue weighted by Gasteiger charge is -2.34. The first-order valence-corrected chi connectivity index (χ1v) is 13.0. The minimum absolute atomic E-state index is 0.0383. The summed E-state index contributed by atoms with van der Waals surface area (Å²) in [7, 11) is 0. The van der Waals surface area contributed by atoms with Gasteiger partial charge in [-0.1, -0.05) is 0 Å². The Kier molecular flexibility index (Phi) is 7.23. The third kappa shape index (κ3) is 5.58. The highest BCUT2D eigenvalue weighted by Gasteiger charge is 2.35. The van der Waals surface area contributed by atoms with E-state index in [4.69, 9.17) is 14.9 Å². The van der Waals surface area contributed by atoms with E-state index in [2.05, 4.69) is 19.9 Å². The van der Waals surface area contributed by atoms with Gasteiger partial charge >= 0.3 is 0 Å². The summed E-state index contributed by atoms with van der Waals surface area (Å²) in [5.74, 6) is 0.0915. The summed E-state index contributed by atoms with van der Waals surface area (Å²) in [6.45, 7) is 7.81. The Morgan fingerprint density at radius 3 is 2.50 bits per heavy atom. The van der Waals surface area contributed by atoms with Crippen LogP contribution in [0.1, 0.15) is 50.8 Å². The van der Waals surface area contributed by atoms with Crippen molar-refractivity contribution in [3.63, 3.8) is 0 Å². The molecule has 0 unspecified atom stereocenters. The fraction of sp³-hybridized carbons (Fsp3) is 0.519. The van der Waals surface area contributed by atoms with Crippen molar-refractivity contribution in [3.8, 4) is 5.75 Å². The second-order valence-corrected chi connectivity index (χ2v) is 10.8. The first-order chi connectivity index (χ1) is 18.1. The highest BCUT2D eigenvalue weighted by molar-refractivity contribution is 5.39. The molecular formula is C27H34F2N6O3. The van der Waals surface area contributed by atoms with Crippen molar-refractivity contribution >= 4 is 12.0 Å². The molecule has 9 nitrogen and oxygen atoms in total. The van der Waals surface area contributed by atoms with Gasteiger partial charge in [0.25, 0.3) is 6.01 Å². The van der Waals surface area contributed by atoms with E-state index >= 15 is 0 Å². The molecule has 0 bridgehead atoms. The monoisotopic (exact) mass is 528 g/mol. The predicted octanol–water partition coefficient (Wildman–Crippen LogP) is 3.59. The van der Waals surface area contributed by atoms with Crippen LogP contribution >= 0.6 is 0 Å². The Morgan fingerprint density at radius 2 is 1.84 bits per heavy atom. The lowest BCUT2D eigenvalue weighted by molar-refractivity contribution is 0.0738. The normalized spacial score (nSPS) is 21.7. The quantitative estimate of drug-likeness (QED) is 0.475. The molecule has 2 aromatic heterocycles. The zero-order valence-corrected chi connectivity index (χ0v) is 21.8. The van der Waals surface area contributed by atoms with E-state index < -0.39 is 17.2 Å². The topological polar surface area (TPSA) is 114 Å². The van der Waals surface area contributed by atoms with Crippen molar-refractivity contribution in [2.75, 3.05) is 36.0 Å². The van der Waals surface area contributed by atoms with Crippen LogP contribution in [0.3, 0.4) is 0 Å².